The molecular weight excluding hydrogens is 304 g/mol. The summed E-state index contributed by atoms with van der Waals surface area (Å²) in [5.74, 6) is 1.95. The zero-order valence-corrected chi connectivity index (χ0v) is 14.3. The SMILES string of the molecule is COc1ccc(C(C)NC(=O)C(C)C2CNC2)cc1OC.Cl. The Hall–Kier alpha value is -1.46. The van der Waals surface area contributed by atoms with Crippen LogP contribution in [0, 0.1) is 11.8 Å². The molecule has 2 N–H and O–H groups in total. The fourth-order valence-corrected chi connectivity index (χ4v) is 2.43. The van der Waals surface area contributed by atoms with E-state index in [2.05, 4.69) is 10.6 Å². The van der Waals surface area contributed by atoms with E-state index < -0.39 is 0 Å². The number of amides is 1. The van der Waals surface area contributed by atoms with Gasteiger partial charge in [0.2, 0.25) is 5.91 Å². The number of hydrogen-bond acceptors (Lipinski definition) is 4. The van der Waals surface area contributed by atoms with Crippen molar-refractivity contribution in [1.29, 1.82) is 0 Å². The zero-order valence-electron chi connectivity index (χ0n) is 13.5. The Morgan fingerprint density at radius 3 is 2.36 bits per heavy atom. The number of nitrogens with one attached hydrogen (secondary N) is 2. The van der Waals surface area contributed by atoms with Crippen molar-refractivity contribution in [2.45, 2.75) is 19.9 Å². The summed E-state index contributed by atoms with van der Waals surface area (Å²) in [6, 6.07) is 5.64. The third kappa shape index (κ3) is 4.05. The fourth-order valence-electron chi connectivity index (χ4n) is 2.43. The van der Waals surface area contributed by atoms with Crippen LogP contribution >= 0.6 is 12.4 Å². The second kappa shape index (κ2) is 8.25. The molecule has 1 saturated heterocycles. The quantitative estimate of drug-likeness (QED) is 0.840. The standard InChI is InChI=1S/C16H24N2O3.ClH/c1-10(13-8-17-9-13)16(19)18-11(2)12-5-6-14(20-3)15(7-12)21-4;/h5-7,10-11,13,17H,8-9H2,1-4H3,(H,18,19);1H. The van der Waals surface area contributed by atoms with Crippen molar-refractivity contribution in [2.24, 2.45) is 11.8 Å². The van der Waals surface area contributed by atoms with E-state index in [1.54, 1.807) is 14.2 Å². The molecule has 1 aromatic carbocycles. The Balaban J connectivity index is 0.00000242. The molecule has 1 heterocycles. The van der Waals surface area contributed by atoms with Crippen LogP contribution in [0.25, 0.3) is 0 Å². The Morgan fingerprint density at radius 2 is 1.86 bits per heavy atom. The first-order valence-corrected chi connectivity index (χ1v) is 7.29. The van der Waals surface area contributed by atoms with Crippen LogP contribution in [0.4, 0.5) is 0 Å². The summed E-state index contributed by atoms with van der Waals surface area (Å²) < 4.78 is 10.5. The lowest BCUT2D eigenvalue weighted by Crippen LogP contribution is -2.49. The average Bonchev–Trinajstić information content (AvgIpc) is 2.44. The number of ether oxygens (including phenoxy) is 2. The van der Waals surface area contributed by atoms with Crippen LogP contribution in [0.5, 0.6) is 11.5 Å². The number of methoxy groups -OCH3 is 2. The molecule has 0 radical (unpaired) electrons. The van der Waals surface area contributed by atoms with Crippen molar-refractivity contribution in [3.63, 3.8) is 0 Å². The number of halogens is 1. The lowest BCUT2D eigenvalue weighted by atomic mass is 9.88. The molecule has 1 aliphatic rings. The van der Waals surface area contributed by atoms with E-state index in [9.17, 15) is 4.79 Å². The Morgan fingerprint density at radius 1 is 1.23 bits per heavy atom. The molecule has 1 fully saturated rings. The molecule has 0 bridgehead atoms. The molecule has 0 aromatic heterocycles. The minimum atomic E-state index is -0.0622. The van der Waals surface area contributed by atoms with E-state index in [0.717, 1.165) is 18.7 Å². The van der Waals surface area contributed by atoms with Gasteiger partial charge in [0.25, 0.3) is 0 Å². The van der Waals surface area contributed by atoms with Crippen molar-refractivity contribution >= 4 is 18.3 Å². The predicted molar refractivity (Wildman–Crippen MR) is 88.9 cm³/mol. The summed E-state index contributed by atoms with van der Waals surface area (Å²) in [6.07, 6.45) is 0. The van der Waals surface area contributed by atoms with Gasteiger partial charge in [-0.05, 0) is 43.6 Å². The average molecular weight is 329 g/mol. The third-order valence-corrected chi connectivity index (χ3v) is 4.20. The summed E-state index contributed by atoms with van der Waals surface area (Å²) in [5, 5.41) is 6.27. The van der Waals surface area contributed by atoms with Gasteiger partial charge in [0, 0.05) is 5.92 Å². The maximum Gasteiger partial charge on any atom is 0.223 e. The van der Waals surface area contributed by atoms with Crippen LogP contribution in [0.3, 0.4) is 0 Å². The van der Waals surface area contributed by atoms with E-state index in [1.165, 1.54) is 0 Å². The zero-order chi connectivity index (χ0) is 15.4. The second-order valence-corrected chi connectivity index (χ2v) is 5.55. The van der Waals surface area contributed by atoms with Crippen LogP contribution in [0.15, 0.2) is 18.2 Å². The molecule has 2 atom stereocenters. The van der Waals surface area contributed by atoms with E-state index >= 15 is 0 Å². The van der Waals surface area contributed by atoms with Crippen molar-refractivity contribution in [3.05, 3.63) is 23.8 Å². The number of carbonyl (C=O) groups is 1. The highest BCUT2D eigenvalue weighted by Gasteiger charge is 2.29. The summed E-state index contributed by atoms with van der Waals surface area (Å²) in [6.45, 7) is 5.83. The normalized spacial score (nSPS) is 16.7. The summed E-state index contributed by atoms with van der Waals surface area (Å²) in [7, 11) is 3.22. The highest BCUT2D eigenvalue weighted by molar-refractivity contribution is 5.85. The lowest BCUT2D eigenvalue weighted by Gasteiger charge is -2.32. The van der Waals surface area contributed by atoms with Crippen molar-refractivity contribution in [2.75, 3.05) is 27.3 Å². The predicted octanol–water partition coefficient (Wildman–Crippen LogP) is 2.16. The first kappa shape index (κ1) is 18.6. The molecular formula is C16H25ClN2O3. The van der Waals surface area contributed by atoms with Crippen molar-refractivity contribution in [1.82, 2.24) is 10.6 Å². The molecule has 2 rings (SSSR count). The molecule has 1 amide bonds. The summed E-state index contributed by atoms with van der Waals surface area (Å²) >= 11 is 0. The highest BCUT2D eigenvalue weighted by atomic mass is 35.5. The number of rotatable bonds is 6. The third-order valence-electron chi connectivity index (χ3n) is 4.20. The van der Waals surface area contributed by atoms with Gasteiger partial charge in [-0.1, -0.05) is 13.0 Å². The van der Waals surface area contributed by atoms with Gasteiger partial charge in [-0.2, -0.15) is 0 Å². The molecule has 5 nitrogen and oxygen atoms in total. The topological polar surface area (TPSA) is 59.6 Å². The monoisotopic (exact) mass is 328 g/mol. The molecule has 0 spiro atoms. The van der Waals surface area contributed by atoms with Gasteiger partial charge in [0.1, 0.15) is 0 Å². The van der Waals surface area contributed by atoms with Gasteiger partial charge in [0.05, 0.1) is 20.3 Å². The van der Waals surface area contributed by atoms with E-state index in [-0.39, 0.29) is 30.3 Å². The second-order valence-electron chi connectivity index (χ2n) is 5.55. The maximum atomic E-state index is 12.2. The lowest BCUT2D eigenvalue weighted by molar-refractivity contribution is -0.127. The minimum absolute atomic E-state index is 0. The fraction of sp³-hybridized carbons (Fsp3) is 0.562. The van der Waals surface area contributed by atoms with E-state index in [4.69, 9.17) is 9.47 Å². The molecule has 1 aromatic rings. The minimum Gasteiger partial charge on any atom is -0.493 e. The molecule has 0 aliphatic carbocycles. The Bertz CT molecular complexity index is 506. The molecule has 22 heavy (non-hydrogen) atoms. The summed E-state index contributed by atoms with van der Waals surface area (Å²) in [5.41, 5.74) is 1.000. The molecule has 1 aliphatic heterocycles. The van der Waals surface area contributed by atoms with E-state index in [0.29, 0.717) is 17.4 Å². The molecule has 124 valence electrons. The molecule has 6 heteroatoms. The Labute approximate surface area is 138 Å². The number of benzene rings is 1. The molecule has 0 saturated carbocycles. The summed E-state index contributed by atoms with van der Waals surface area (Å²) in [4.78, 5) is 12.2. The smallest absolute Gasteiger partial charge is 0.223 e. The van der Waals surface area contributed by atoms with Gasteiger partial charge >= 0.3 is 0 Å². The van der Waals surface area contributed by atoms with Gasteiger partial charge in [-0.3, -0.25) is 4.79 Å². The molecule has 2 unspecified atom stereocenters. The Kier molecular flexibility index (Phi) is 6.97. The van der Waals surface area contributed by atoms with Crippen LogP contribution in [0.2, 0.25) is 0 Å². The van der Waals surface area contributed by atoms with E-state index in [1.807, 2.05) is 32.0 Å². The van der Waals surface area contributed by atoms with Crippen LogP contribution in [-0.4, -0.2) is 33.2 Å². The van der Waals surface area contributed by atoms with Crippen molar-refractivity contribution < 1.29 is 14.3 Å². The highest BCUT2D eigenvalue weighted by Crippen LogP contribution is 2.30. The van der Waals surface area contributed by atoms with Crippen LogP contribution in [0.1, 0.15) is 25.5 Å². The van der Waals surface area contributed by atoms with Gasteiger partial charge < -0.3 is 20.1 Å². The van der Waals surface area contributed by atoms with Crippen molar-refractivity contribution in [3.8, 4) is 11.5 Å². The number of hydrogen-bond donors (Lipinski definition) is 2. The first-order chi connectivity index (χ1) is 10.1. The van der Waals surface area contributed by atoms with Gasteiger partial charge in [-0.15, -0.1) is 12.4 Å². The van der Waals surface area contributed by atoms with Crippen LogP contribution in [-0.2, 0) is 4.79 Å². The maximum absolute atomic E-state index is 12.2. The number of carbonyl (C=O) groups excluding carboxylic acids is 1. The largest absolute Gasteiger partial charge is 0.493 e. The van der Waals surface area contributed by atoms with Gasteiger partial charge in [0.15, 0.2) is 11.5 Å². The first-order valence-electron chi connectivity index (χ1n) is 7.29. The van der Waals surface area contributed by atoms with Crippen LogP contribution < -0.4 is 20.1 Å². The van der Waals surface area contributed by atoms with Gasteiger partial charge in [-0.25, -0.2) is 0 Å².